The van der Waals surface area contributed by atoms with E-state index in [0.717, 1.165) is 0 Å². The van der Waals surface area contributed by atoms with E-state index >= 15 is 0 Å². The lowest BCUT2D eigenvalue weighted by Gasteiger charge is -2.00. The van der Waals surface area contributed by atoms with Gasteiger partial charge in [-0.05, 0) is 40.5 Å². The van der Waals surface area contributed by atoms with Crippen molar-refractivity contribution in [1.29, 1.82) is 0 Å². The van der Waals surface area contributed by atoms with Crippen molar-refractivity contribution in [3.8, 4) is 22.3 Å². The summed E-state index contributed by atoms with van der Waals surface area (Å²) < 4.78 is 0. The fourth-order valence-electron chi connectivity index (χ4n) is 2.74. The molecule has 0 unspecified atom stereocenters. The van der Waals surface area contributed by atoms with Crippen LogP contribution in [0.15, 0.2) is 60.7 Å². The Hall–Kier alpha value is -2.08. The van der Waals surface area contributed by atoms with Crippen LogP contribution in [0.25, 0.3) is 33.0 Å². The first-order chi connectivity index (χ1) is 7.95. The van der Waals surface area contributed by atoms with Crippen molar-refractivity contribution in [3.63, 3.8) is 0 Å². The summed E-state index contributed by atoms with van der Waals surface area (Å²) in [5.41, 5.74) is 5.50. The summed E-state index contributed by atoms with van der Waals surface area (Å²) >= 11 is 0. The Labute approximate surface area is 102 Å². The first-order valence-corrected chi connectivity index (χ1v) is 5.57. The van der Waals surface area contributed by atoms with Gasteiger partial charge in [0.2, 0.25) is 0 Å². The summed E-state index contributed by atoms with van der Waals surface area (Å²) in [5.74, 6) is 0. The van der Waals surface area contributed by atoms with Crippen LogP contribution in [0, 0.1) is 7.43 Å². The topological polar surface area (TPSA) is 0 Å². The van der Waals surface area contributed by atoms with Crippen LogP contribution < -0.4 is 0 Å². The van der Waals surface area contributed by atoms with Gasteiger partial charge in [-0.25, -0.2) is 0 Å². The van der Waals surface area contributed by atoms with Crippen molar-refractivity contribution >= 4 is 10.8 Å². The molecule has 0 saturated heterocycles. The lowest BCUT2D eigenvalue weighted by Crippen LogP contribution is -1.73. The van der Waals surface area contributed by atoms with Crippen LogP contribution in [0.1, 0.15) is 0 Å². The molecule has 0 atom stereocenters. The van der Waals surface area contributed by atoms with E-state index in [1.165, 1.54) is 33.0 Å². The molecule has 0 aliphatic heterocycles. The first kappa shape index (κ1) is 10.1. The minimum absolute atomic E-state index is 0. The second-order valence-electron chi connectivity index (χ2n) is 4.25. The van der Waals surface area contributed by atoms with Gasteiger partial charge in [0.05, 0.1) is 0 Å². The lowest BCUT2D eigenvalue weighted by molar-refractivity contribution is 1.70. The molecule has 3 aromatic carbocycles. The summed E-state index contributed by atoms with van der Waals surface area (Å²) in [6.07, 6.45) is 0. The Morgan fingerprint density at radius 3 is 1.47 bits per heavy atom. The summed E-state index contributed by atoms with van der Waals surface area (Å²) in [7, 11) is 0. The highest BCUT2D eigenvalue weighted by Gasteiger charge is 2.19. The molecule has 0 heterocycles. The van der Waals surface area contributed by atoms with Gasteiger partial charge in [0.25, 0.3) is 0 Å². The van der Waals surface area contributed by atoms with E-state index in [1.54, 1.807) is 0 Å². The molecule has 3 aromatic rings. The SMILES string of the molecule is [CH].c1ccc2c(c1)-c1cccc3cccc-2c13. The predicted octanol–water partition coefficient (Wildman–Crippen LogP) is 4.69. The van der Waals surface area contributed by atoms with Crippen LogP contribution in [-0.4, -0.2) is 0 Å². The minimum Gasteiger partial charge on any atom is -0.0616 e. The molecule has 0 heteroatoms. The molecule has 4 rings (SSSR count). The van der Waals surface area contributed by atoms with Crippen LogP contribution >= 0.6 is 0 Å². The second kappa shape index (κ2) is 3.46. The normalized spacial score (nSPS) is 11.1. The van der Waals surface area contributed by atoms with E-state index in [-0.39, 0.29) is 7.43 Å². The average molecular weight is 215 g/mol. The van der Waals surface area contributed by atoms with Gasteiger partial charge in [-0.15, -0.1) is 0 Å². The van der Waals surface area contributed by atoms with E-state index in [9.17, 15) is 0 Å². The molecular weight excluding hydrogens is 204 g/mol. The van der Waals surface area contributed by atoms with Gasteiger partial charge in [0, 0.05) is 0 Å². The zero-order valence-corrected chi connectivity index (χ0v) is 9.35. The highest BCUT2D eigenvalue weighted by molar-refractivity contribution is 6.15. The molecule has 0 nitrogen and oxygen atoms in total. The van der Waals surface area contributed by atoms with Crippen LogP contribution in [0.4, 0.5) is 0 Å². The zero-order chi connectivity index (χ0) is 10.5. The van der Waals surface area contributed by atoms with Gasteiger partial charge in [-0.2, -0.15) is 0 Å². The van der Waals surface area contributed by atoms with Crippen molar-refractivity contribution in [2.45, 2.75) is 0 Å². The number of fused-ring (bicyclic) bond motifs is 3. The number of benzene rings is 3. The van der Waals surface area contributed by atoms with Crippen molar-refractivity contribution in [2.24, 2.45) is 0 Å². The third-order valence-corrected chi connectivity index (χ3v) is 3.41. The number of hydrogen-bond donors (Lipinski definition) is 0. The highest BCUT2D eigenvalue weighted by atomic mass is 14.2. The van der Waals surface area contributed by atoms with E-state index in [0.29, 0.717) is 0 Å². The molecule has 17 heavy (non-hydrogen) atoms. The third-order valence-electron chi connectivity index (χ3n) is 3.41. The number of rotatable bonds is 0. The Bertz CT molecular complexity index is 650. The molecule has 0 amide bonds. The van der Waals surface area contributed by atoms with Gasteiger partial charge >= 0.3 is 0 Å². The molecular formula is C17H11. The summed E-state index contributed by atoms with van der Waals surface area (Å²) in [6, 6.07) is 21.8. The molecule has 1 aliphatic rings. The van der Waals surface area contributed by atoms with Gasteiger partial charge in [0.1, 0.15) is 0 Å². The van der Waals surface area contributed by atoms with Crippen molar-refractivity contribution in [1.82, 2.24) is 0 Å². The van der Waals surface area contributed by atoms with E-state index < -0.39 is 0 Å². The quantitative estimate of drug-likeness (QED) is 0.399. The fraction of sp³-hybridized carbons (Fsp3) is 0. The summed E-state index contributed by atoms with van der Waals surface area (Å²) in [4.78, 5) is 0. The molecule has 0 fully saturated rings. The zero-order valence-electron chi connectivity index (χ0n) is 9.35. The summed E-state index contributed by atoms with van der Waals surface area (Å²) in [5, 5.41) is 2.75. The molecule has 0 aromatic heterocycles. The van der Waals surface area contributed by atoms with Gasteiger partial charge in [0.15, 0.2) is 0 Å². The monoisotopic (exact) mass is 215 g/mol. The average Bonchev–Trinajstić information content (AvgIpc) is 2.68. The van der Waals surface area contributed by atoms with E-state index in [2.05, 4.69) is 60.7 Å². The van der Waals surface area contributed by atoms with Gasteiger partial charge < -0.3 is 0 Å². The van der Waals surface area contributed by atoms with Gasteiger partial charge in [-0.1, -0.05) is 60.7 Å². The molecule has 0 spiro atoms. The molecule has 79 valence electrons. The Balaban J connectivity index is 0.000000902. The maximum Gasteiger partial charge on any atom is -0.00264 e. The molecule has 0 N–H and O–H groups in total. The lowest BCUT2D eigenvalue weighted by atomic mass is 10.0. The Morgan fingerprint density at radius 2 is 0.941 bits per heavy atom. The maximum atomic E-state index is 2.22. The molecule has 1 aliphatic carbocycles. The Morgan fingerprint density at radius 1 is 0.471 bits per heavy atom. The van der Waals surface area contributed by atoms with Crippen molar-refractivity contribution in [3.05, 3.63) is 68.1 Å². The van der Waals surface area contributed by atoms with Crippen LogP contribution in [0.2, 0.25) is 0 Å². The molecule has 0 saturated carbocycles. The second-order valence-corrected chi connectivity index (χ2v) is 4.25. The van der Waals surface area contributed by atoms with Crippen molar-refractivity contribution < 1.29 is 0 Å². The largest absolute Gasteiger partial charge is 0.0616 e. The number of hydrogen-bond acceptors (Lipinski definition) is 0. The molecule has 0 bridgehead atoms. The predicted molar refractivity (Wildman–Crippen MR) is 72.7 cm³/mol. The standard InChI is InChI=1S/C16H10.CH/c1-2-8-13-12(7-1)14-9-3-5-11-6-4-10-15(13)16(11)14;/h1-10H;1H. The van der Waals surface area contributed by atoms with E-state index in [1.807, 2.05) is 0 Å². The maximum absolute atomic E-state index is 2.22. The van der Waals surface area contributed by atoms with Crippen molar-refractivity contribution in [2.75, 3.05) is 0 Å². The molecule has 3 radical (unpaired) electrons. The smallest absolute Gasteiger partial charge is 0.00264 e. The van der Waals surface area contributed by atoms with Crippen LogP contribution in [0.3, 0.4) is 0 Å². The minimum atomic E-state index is 0. The van der Waals surface area contributed by atoms with Crippen LogP contribution in [-0.2, 0) is 0 Å². The highest BCUT2D eigenvalue weighted by Crippen LogP contribution is 2.46. The summed E-state index contributed by atoms with van der Waals surface area (Å²) in [6.45, 7) is 0. The Kier molecular flexibility index (Phi) is 2.05. The fourth-order valence-corrected chi connectivity index (χ4v) is 2.74. The van der Waals surface area contributed by atoms with E-state index in [4.69, 9.17) is 0 Å². The van der Waals surface area contributed by atoms with Gasteiger partial charge in [-0.3, -0.25) is 0 Å². The van der Waals surface area contributed by atoms with Crippen LogP contribution in [0.5, 0.6) is 0 Å². The first-order valence-electron chi connectivity index (χ1n) is 5.57. The third kappa shape index (κ3) is 1.18.